The number of hydrogen-bond acceptors (Lipinski definition) is 7. The molecule has 2 saturated heterocycles. The van der Waals surface area contributed by atoms with Crippen LogP contribution in [-0.2, 0) is 12.7 Å². The molecule has 2 atom stereocenters. The fourth-order valence-electron chi connectivity index (χ4n) is 4.17. The minimum atomic E-state index is -4.59. The standard InChI is InChI=1S/C17H19F3N6O/c18-17(19,20)16-24-23-15(27-16)8-25-4-11-6-26(7-12(11)5-25)14-3-13(10-1-2-10)21-9-22-14/h3,9-12H,1-2,4-8H2. The van der Waals surface area contributed by atoms with Gasteiger partial charge in [-0.2, -0.15) is 13.2 Å². The van der Waals surface area contributed by atoms with Crippen molar-refractivity contribution in [3.8, 4) is 0 Å². The summed E-state index contributed by atoms with van der Waals surface area (Å²) >= 11 is 0. The number of anilines is 1. The van der Waals surface area contributed by atoms with Gasteiger partial charge in [-0.15, -0.1) is 10.2 Å². The molecule has 1 aliphatic carbocycles. The lowest BCUT2D eigenvalue weighted by Crippen LogP contribution is -2.29. The van der Waals surface area contributed by atoms with Gasteiger partial charge in [-0.1, -0.05) is 0 Å². The third-order valence-corrected chi connectivity index (χ3v) is 5.62. The second kappa shape index (κ2) is 6.15. The van der Waals surface area contributed by atoms with E-state index in [9.17, 15) is 13.2 Å². The van der Waals surface area contributed by atoms with Gasteiger partial charge < -0.3 is 9.32 Å². The number of aromatic nitrogens is 4. The van der Waals surface area contributed by atoms with Crippen molar-refractivity contribution in [2.45, 2.75) is 31.5 Å². The first kappa shape index (κ1) is 16.9. The Balaban J connectivity index is 1.20. The van der Waals surface area contributed by atoms with Crippen molar-refractivity contribution in [1.29, 1.82) is 0 Å². The molecule has 7 nitrogen and oxygen atoms in total. The van der Waals surface area contributed by atoms with Crippen LogP contribution in [0.2, 0.25) is 0 Å². The molecule has 0 spiro atoms. The summed E-state index contributed by atoms with van der Waals surface area (Å²) in [6.45, 7) is 3.69. The summed E-state index contributed by atoms with van der Waals surface area (Å²) in [5, 5.41) is 6.62. The van der Waals surface area contributed by atoms with Crippen molar-refractivity contribution in [3.63, 3.8) is 0 Å². The van der Waals surface area contributed by atoms with Gasteiger partial charge in [0.1, 0.15) is 12.1 Å². The minimum absolute atomic E-state index is 0.0176. The molecule has 3 aliphatic rings. The first-order valence-corrected chi connectivity index (χ1v) is 9.14. The van der Waals surface area contributed by atoms with Gasteiger partial charge in [-0.3, -0.25) is 4.90 Å². The highest BCUT2D eigenvalue weighted by Gasteiger charge is 2.42. The normalized spacial score (nSPS) is 26.0. The number of hydrogen-bond donors (Lipinski definition) is 0. The van der Waals surface area contributed by atoms with Crippen molar-refractivity contribution >= 4 is 5.82 Å². The van der Waals surface area contributed by atoms with E-state index in [4.69, 9.17) is 4.42 Å². The van der Waals surface area contributed by atoms with Crippen molar-refractivity contribution in [2.75, 3.05) is 31.1 Å². The molecule has 3 fully saturated rings. The number of likely N-dealkylation sites (tertiary alicyclic amines) is 1. The fourth-order valence-corrected chi connectivity index (χ4v) is 4.17. The maximum atomic E-state index is 12.6. The third kappa shape index (κ3) is 3.38. The van der Waals surface area contributed by atoms with Gasteiger partial charge in [0.05, 0.1) is 6.54 Å². The summed E-state index contributed by atoms with van der Waals surface area (Å²) in [6, 6.07) is 2.10. The van der Waals surface area contributed by atoms with E-state index in [1.807, 2.05) is 0 Å². The van der Waals surface area contributed by atoms with Crippen LogP contribution in [0.4, 0.5) is 19.0 Å². The monoisotopic (exact) mass is 380 g/mol. The molecule has 10 heteroatoms. The highest BCUT2D eigenvalue weighted by atomic mass is 19.4. The smallest absolute Gasteiger partial charge is 0.416 e. The SMILES string of the molecule is FC(F)(F)c1nnc(CN2CC3CN(c4cc(C5CC5)ncn4)CC3C2)o1. The van der Waals surface area contributed by atoms with E-state index in [2.05, 4.69) is 36.0 Å². The Hall–Kier alpha value is -2.23. The van der Waals surface area contributed by atoms with Gasteiger partial charge in [-0.25, -0.2) is 9.97 Å². The van der Waals surface area contributed by atoms with Gasteiger partial charge in [0.2, 0.25) is 5.89 Å². The number of rotatable bonds is 4. The van der Waals surface area contributed by atoms with Crippen molar-refractivity contribution in [2.24, 2.45) is 11.8 Å². The predicted molar refractivity (Wildman–Crippen MR) is 87.8 cm³/mol. The molecule has 0 N–H and O–H groups in total. The third-order valence-electron chi connectivity index (χ3n) is 5.62. The van der Waals surface area contributed by atoms with Crippen LogP contribution in [-0.4, -0.2) is 51.2 Å². The quantitative estimate of drug-likeness (QED) is 0.806. The zero-order valence-electron chi connectivity index (χ0n) is 14.6. The van der Waals surface area contributed by atoms with Gasteiger partial charge in [-0.05, 0) is 24.7 Å². The van der Waals surface area contributed by atoms with Crippen molar-refractivity contribution in [3.05, 3.63) is 29.9 Å². The molecule has 27 heavy (non-hydrogen) atoms. The Kier molecular flexibility index (Phi) is 3.85. The predicted octanol–water partition coefficient (Wildman–Crippen LogP) is 2.32. The Morgan fingerprint density at radius 2 is 1.78 bits per heavy atom. The minimum Gasteiger partial charge on any atom is -0.416 e. The molecular weight excluding hydrogens is 361 g/mol. The van der Waals surface area contributed by atoms with Crippen molar-refractivity contribution < 1.29 is 17.6 Å². The average Bonchev–Trinajstić information content (AvgIpc) is 3.05. The zero-order valence-corrected chi connectivity index (χ0v) is 14.6. The summed E-state index contributed by atoms with van der Waals surface area (Å²) in [7, 11) is 0. The van der Waals surface area contributed by atoms with E-state index in [0.29, 0.717) is 17.8 Å². The molecule has 144 valence electrons. The summed E-state index contributed by atoms with van der Waals surface area (Å²) < 4.78 is 42.4. The molecule has 4 heterocycles. The molecule has 2 unspecified atom stereocenters. The molecule has 2 aromatic rings. The molecular formula is C17H19F3N6O. The van der Waals surface area contributed by atoms with Gasteiger partial charge in [0, 0.05) is 43.9 Å². The number of nitrogens with zero attached hydrogens (tertiary/aromatic N) is 6. The van der Waals surface area contributed by atoms with Gasteiger partial charge in [0.25, 0.3) is 0 Å². The van der Waals surface area contributed by atoms with Crippen LogP contribution < -0.4 is 4.90 Å². The van der Waals surface area contributed by atoms with E-state index >= 15 is 0 Å². The zero-order chi connectivity index (χ0) is 18.6. The van der Waals surface area contributed by atoms with Crippen LogP contribution in [0.5, 0.6) is 0 Å². The summed E-state index contributed by atoms with van der Waals surface area (Å²) in [5.41, 5.74) is 1.13. The second-order valence-electron chi connectivity index (χ2n) is 7.69. The highest BCUT2D eigenvalue weighted by Crippen LogP contribution is 2.40. The summed E-state index contributed by atoms with van der Waals surface area (Å²) in [4.78, 5) is 13.2. The van der Waals surface area contributed by atoms with Crippen LogP contribution in [0.15, 0.2) is 16.8 Å². The first-order valence-electron chi connectivity index (χ1n) is 9.14. The Morgan fingerprint density at radius 1 is 1.04 bits per heavy atom. The Bertz CT molecular complexity index is 822. The summed E-state index contributed by atoms with van der Waals surface area (Å²) in [5.74, 6) is 1.26. The molecule has 0 radical (unpaired) electrons. The van der Waals surface area contributed by atoms with E-state index < -0.39 is 12.1 Å². The van der Waals surface area contributed by atoms with Crippen LogP contribution in [0.3, 0.4) is 0 Å². The van der Waals surface area contributed by atoms with E-state index in [-0.39, 0.29) is 12.4 Å². The lowest BCUT2D eigenvalue weighted by Gasteiger charge is -2.21. The van der Waals surface area contributed by atoms with Crippen LogP contribution in [0, 0.1) is 11.8 Å². The lowest BCUT2D eigenvalue weighted by molar-refractivity contribution is -0.157. The van der Waals surface area contributed by atoms with Crippen molar-refractivity contribution in [1.82, 2.24) is 25.1 Å². The Morgan fingerprint density at radius 3 is 2.41 bits per heavy atom. The second-order valence-corrected chi connectivity index (χ2v) is 7.69. The lowest BCUT2D eigenvalue weighted by atomic mass is 10.0. The maximum Gasteiger partial charge on any atom is 0.470 e. The fraction of sp³-hybridized carbons (Fsp3) is 0.647. The summed E-state index contributed by atoms with van der Waals surface area (Å²) in [6.07, 6.45) is -0.522. The van der Waals surface area contributed by atoms with Crippen LogP contribution >= 0.6 is 0 Å². The number of alkyl halides is 3. The van der Waals surface area contributed by atoms with Gasteiger partial charge in [0.15, 0.2) is 0 Å². The van der Waals surface area contributed by atoms with E-state index in [1.54, 1.807) is 6.33 Å². The molecule has 2 aliphatic heterocycles. The average molecular weight is 380 g/mol. The molecule has 0 amide bonds. The number of fused-ring (bicyclic) bond motifs is 1. The van der Waals surface area contributed by atoms with E-state index in [0.717, 1.165) is 37.7 Å². The van der Waals surface area contributed by atoms with E-state index in [1.165, 1.54) is 12.8 Å². The largest absolute Gasteiger partial charge is 0.470 e. The number of halogens is 3. The first-order chi connectivity index (χ1) is 13.0. The highest BCUT2D eigenvalue weighted by molar-refractivity contribution is 5.42. The Labute approximate surface area is 153 Å². The van der Waals surface area contributed by atoms with Crippen LogP contribution in [0.25, 0.3) is 0 Å². The molecule has 2 aromatic heterocycles. The molecule has 0 aromatic carbocycles. The molecule has 5 rings (SSSR count). The van der Waals surface area contributed by atoms with Crippen LogP contribution in [0.1, 0.15) is 36.2 Å². The topological polar surface area (TPSA) is 71.2 Å². The van der Waals surface area contributed by atoms with Gasteiger partial charge >= 0.3 is 12.1 Å². The maximum absolute atomic E-state index is 12.6. The molecule has 0 bridgehead atoms. The molecule has 1 saturated carbocycles.